The summed E-state index contributed by atoms with van der Waals surface area (Å²) in [6, 6.07) is 0.662. The quantitative estimate of drug-likeness (QED) is 0.759. The number of rotatable bonds is 5. The van der Waals surface area contributed by atoms with E-state index in [9.17, 15) is 0 Å². The summed E-state index contributed by atoms with van der Waals surface area (Å²) in [4.78, 5) is 2.46. The first kappa shape index (κ1) is 13.0. The molecule has 1 unspecified atom stereocenters. The van der Waals surface area contributed by atoms with E-state index in [2.05, 4.69) is 32.7 Å². The van der Waals surface area contributed by atoms with Crippen LogP contribution in [0.15, 0.2) is 0 Å². The molecule has 0 saturated heterocycles. The molecule has 2 nitrogen and oxygen atoms in total. The van der Waals surface area contributed by atoms with E-state index >= 15 is 0 Å². The van der Waals surface area contributed by atoms with Crippen LogP contribution in [0, 0.1) is 5.92 Å². The normalized spacial score (nSPS) is 22.6. The van der Waals surface area contributed by atoms with Gasteiger partial charge in [0.2, 0.25) is 0 Å². The van der Waals surface area contributed by atoms with Gasteiger partial charge in [-0.15, -0.1) is 0 Å². The van der Waals surface area contributed by atoms with Gasteiger partial charge in [-0.05, 0) is 45.7 Å². The monoisotopic (exact) mass is 212 g/mol. The second kappa shape index (κ2) is 5.31. The van der Waals surface area contributed by atoms with E-state index in [-0.39, 0.29) is 5.54 Å². The van der Waals surface area contributed by atoms with E-state index in [0.717, 1.165) is 12.5 Å². The van der Waals surface area contributed by atoms with Gasteiger partial charge in [0.25, 0.3) is 0 Å². The summed E-state index contributed by atoms with van der Waals surface area (Å²) in [6.45, 7) is 8.03. The third-order valence-electron chi connectivity index (χ3n) is 4.22. The Morgan fingerprint density at radius 2 is 1.73 bits per heavy atom. The maximum absolute atomic E-state index is 6.36. The first-order valence-electron chi connectivity index (χ1n) is 6.44. The van der Waals surface area contributed by atoms with Crippen molar-refractivity contribution >= 4 is 0 Å². The number of hydrogen-bond donors (Lipinski definition) is 1. The van der Waals surface area contributed by atoms with E-state index in [4.69, 9.17) is 5.73 Å². The highest BCUT2D eigenvalue weighted by Crippen LogP contribution is 2.30. The fourth-order valence-corrected chi connectivity index (χ4v) is 2.44. The molecule has 1 aliphatic rings. The molecule has 90 valence electrons. The van der Waals surface area contributed by atoms with Crippen LogP contribution in [-0.2, 0) is 0 Å². The topological polar surface area (TPSA) is 29.3 Å². The Kier molecular flexibility index (Phi) is 4.60. The van der Waals surface area contributed by atoms with E-state index < -0.39 is 0 Å². The van der Waals surface area contributed by atoms with E-state index in [1.807, 2.05) is 0 Å². The SMILES string of the molecule is CC(C)C(C)N(C)CCC1(N)CCCC1. The van der Waals surface area contributed by atoms with Crippen molar-refractivity contribution in [3.8, 4) is 0 Å². The molecule has 0 aromatic rings. The molecule has 1 aliphatic carbocycles. The summed E-state index contributed by atoms with van der Waals surface area (Å²) in [6.07, 6.45) is 6.30. The average Bonchev–Trinajstić information content (AvgIpc) is 2.61. The Bertz CT molecular complexity index is 183. The lowest BCUT2D eigenvalue weighted by molar-refractivity contribution is 0.188. The fourth-order valence-electron chi connectivity index (χ4n) is 2.44. The summed E-state index contributed by atoms with van der Waals surface area (Å²) in [5.74, 6) is 0.729. The lowest BCUT2D eigenvalue weighted by Crippen LogP contribution is -2.42. The van der Waals surface area contributed by atoms with E-state index in [1.165, 1.54) is 32.1 Å². The lowest BCUT2D eigenvalue weighted by Gasteiger charge is -2.32. The highest BCUT2D eigenvalue weighted by molar-refractivity contribution is 4.90. The summed E-state index contributed by atoms with van der Waals surface area (Å²) in [5.41, 5.74) is 6.51. The van der Waals surface area contributed by atoms with Crippen molar-refractivity contribution in [3.05, 3.63) is 0 Å². The Morgan fingerprint density at radius 1 is 1.20 bits per heavy atom. The van der Waals surface area contributed by atoms with Gasteiger partial charge in [0.15, 0.2) is 0 Å². The standard InChI is InChI=1S/C13H28N2/c1-11(2)12(3)15(4)10-9-13(14)7-5-6-8-13/h11-12H,5-10,14H2,1-4H3. The molecule has 0 heterocycles. The maximum Gasteiger partial charge on any atom is 0.0166 e. The first-order valence-corrected chi connectivity index (χ1v) is 6.44. The van der Waals surface area contributed by atoms with Crippen molar-refractivity contribution in [2.75, 3.05) is 13.6 Å². The third-order valence-corrected chi connectivity index (χ3v) is 4.22. The van der Waals surface area contributed by atoms with Gasteiger partial charge in [-0.1, -0.05) is 26.7 Å². The number of hydrogen-bond acceptors (Lipinski definition) is 2. The van der Waals surface area contributed by atoms with Crippen molar-refractivity contribution in [1.29, 1.82) is 0 Å². The summed E-state index contributed by atoms with van der Waals surface area (Å²) >= 11 is 0. The molecule has 15 heavy (non-hydrogen) atoms. The Hall–Kier alpha value is -0.0800. The summed E-state index contributed by atoms with van der Waals surface area (Å²) < 4.78 is 0. The van der Waals surface area contributed by atoms with Gasteiger partial charge in [-0.2, -0.15) is 0 Å². The molecular formula is C13H28N2. The Morgan fingerprint density at radius 3 is 2.20 bits per heavy atom. The predicted molar refractivity (Wildman–Crippen MR) is 66.9 cm³/mol. The molecule has 0 aromatic heterocycles. The maximum atomic E-state index is 6.36. The Labute approximate surface area is 95.2 Å². The van der Waals surface area contributed by atoms with Gasteiger partial charge in [0.1, 0.15) is 0 Å². The highest BCUT2D eigenvalue weighted by Gasteiger charge is 2.29. The highest BCUT2D eigenvalue weighted by atomic mass is 15.1. The van der Waals surface area contributed by atoms with Crippen molar-refractivity contribution in [1.82, 2.24) is 4.90 Å². The average molecular weight is 212 g/mol. The fraction of sp³-hybridized carbons (Fsp3) is 1.00. The van der Waals surface area contributed by atoms with Crippen LogP contribution in [0.2, 0.25) is 0 Å². The molecule has 1 saturated carbocycles. The molecule has 1 rings (SSSR count). The lowest BCUT2D eigenvalue weighted by atomic mass is 9.94. The van der Waals surface area contributed by atoms with Crippen LogP contribution in [-0.4, -0.2) is 30.1 Å². The smallest absolute Gasteiger partial charge is 0.0166 e. The van der Waals surface area contributed by atoms with Crippen molar-refractivity contribution in [3.63, 3.8) is 0 Å². The zero-order valence-electron chi connectivity index (χ0n) is 10.9. The molecule has 1 fully saturated rings. The largest absolute Gasteiger partial charge is 0.325 e. The zero-order chi connectivity index (χ0) is 11.5. The van der Waals surface area contributed by atoms with Gasteiger partial charge < -0.3 is 10.6 Å². The second-order valence-electron chi connectivity index (χ2n) is 5.78. The molecular weight excluding hydrogens is 184 g/mol. The minimum absolute atomic E-state index is 0.158. The van der Waals surface area contributed by atoms with Gasteiger partial charge in [0, 0.05) is 11.6 Å². The van der Waals surface area contributed by atoms with Gasteiger partial charge in [-0.25, -0.2) is 0 Å². The molecule has 0 aromatic carbocycles. The van der Waals surface area contributed by atoms with Gasteiger partial charge >= 0.3 is 0 Å². The molecule has 0 amide bonds. The van der Waals surface area contributed by atoms with E-state index in [0.29, 0.717) is 6.04 Å². The molecule has 0 radical (unpaired) electrons. The van der Waals surface area contributed by atoms with Crippen LogP contribution in [0.1, 0.15) is 52.9 Å². The predicted octanol–water partition coefficient (Wildman–Crippen LogP) is 2.62. The molecule has 1 atom stereocenters. The van der Waals surface area contributed by atoms with Crippen LogP contribution >= 0.6 is 0 Å². The minimum atomic E-state index is 0.158. The number of nitrogens with two attached hydrogens (primary N) is 1. The minimum Gasteiger partial charge on any atom is -0.325 e. The van der Waals surface area contributed by atoms with E-state index in [1.54, 1.807) is 0 Å². The third kappa shape index (κ3) is 3.76. The van der Waals surface area contributed by atoms with Crippen molar-refractivity contribution in [2.24, 2.45) is 11.7 Å². The van der Waals surface area contributed by atoms with Crippen molar-refractivity contribution in [2.45, 2.75) is 64.5 Å². The summed E-state index contributed by atoms with van der Waals surface area (Å²) in [7, 11) is 2.23. The second-order valence-corrected chi connectivity index (χ2v) is 5.78. The zero-order valence-corrected chi connectivity index (χ0v) is 10.9. The molecule has 2 heteroatoms. The van der Waals surface area contributed by atoms with Crippen LogP contribution in [0.4, 0.5) is 0 Å². The van der Waals surface area contributed by atoms with Crippen LogP contribution in [0.3, 0.4) is 0 Å². The molecule has 0 aliphatic heterocycles. The van der Waals surface area contributed by atoms with Gasteiger partial charge in [-0.3, -0.25) is 0 Å². The molecule has 2 N–H and O–H groups in total. The molecule has 0 spiro atoms. The van der Waals surface area contributed by atoms with Crippen LogP contribution < -0.4 is 5.73 Å². The van der Waals surface area contributed by atoms with Crippen LogP contribution in [0.25, 0.3) is 0 Å². The van der Waals surface area contributed by atoms with Crippen molar-refractivity contribution < 1.29 is 0 Å². The number of nitrogens with zero attached hydrogens (tertiary/aromatic N) is 1. The van der Waals surface area contributed by atoms with Crippen LogP contribution in [0.5, 0.6) is 0 Å². The Balaban J connectivity index is 2.29. The van der Waals surface area contributed by atoms with Gasteiger partial charge in [0.05, 0.1) is 0 Å². The molecule has 0 bridgehead atoms. The summed E-state index contributed by atoms with van der Waals surface area (Å²) in [5, 5.41) is 0. The first-order chi connectivity index (χ1) is 6.94.